The van der Waals surface area contributed by atoms with Gasteiger partial charge in [0.2, 0.25) is 5.95 Å². The number of aromatic nitrogens is 3. The number of hydrogen-bond donors (Lipinski definition) is 0. The number of pyridine rings is 1. The lowest BCUT2D eigenvalue weighted by molar-refractivity contribution is 0.270. The van der Waals surface area contributed by atoms with Crippen molar-refractivity contribution in [3.8, 4) is 0 Å². The first-order valence-electron chi connectivity index (χ1n) is 6.52. The lowest BCUT2D eigenvalue weighted by Crippen LogP contribution is -2.46. The summed E-state index contributed by atoms with van der Waals surface area (Å²) in [7, 11) is 0. The van der Waals surface area contributed by atoms with Crippen LogP contribution in [0.1, 0.15) is 6.92 Å². The maximum atomic E-state index is 6.02. The normalized spacial score (nSPS) is 17.1. The first kappa shape index (κ1) is 12.6. The number of hydrogen-bond acceptors (Lipinski definition) is 5. The average Bonchev–Trinajstić information content (AvgIpc) is 2.47. The molecule has 2 aromatic rings. The van der Waals surface area contributed by atoms with Gasteiger partial charge in [0, 0.05) is 38.6 Å². The smallest absolute Gasteiger partial charge is 0.225 e. The minimum atomic E-state index is 0.458. The van der Waals surface area contributed by atoms with E-state index in [2.05, 4.69) is 31.7 Å². The Bertz CT molecular complexity index is 580. The molecule has 5 nitrogen and oxygen atoms in total. The molecule has 1 aliphatic heterocycles. The third kappa shape index (κ3) is 2.48. The molecule has 2 aromatic heterocycles. The van der Waals surface area contributed by atoms with Crippen molar-refractivity contribution in [2.75, 3.05) is 37.6 Å². The number of anilines is 1. The Morgan fingerprint density at radius 2 is 2.00 bits per heavy atom. The van der Waals surface area contributed by atoms with Crippen LogP contribution in [0.4, 0.5) is 5.95 Å². The molecule has 0 aliphatic carbocycles. The van der Waals surface area contributed by atoms with Gasteiger partial charge in [-0.2, -0.15) is 0 Å². The number of rotatable bonds is 2. The number of nitrogens with zero attached hydrogens (tertiary/aromatic N) is 5. The fraction of sp³-hybridized carbons (Fsp3) is 0.462. The predicted octanol–water partition coefficient (Wildman–Crippen LogP) is 1.82. The molecule has 0 aromatic carbocycles. The van der Waals surface area contributed by atoms with Crippen LogP contribution in [0.25, 0.3) is 10.9 Å². The van der Waals surface area contributed by atoms with Crippen LogP contribution in [0, 0.1) is 0 Å². The van der Waals surface area contributed by atoms with E-state index in [1.165, 1.54) is 0 Å². The monoisotopic (exact) mass is 277 g/mol. The Balaban J connectivity index is 1.86. The van der Waals surface area contributed by atoms with Crippen LogP contribution in [-0.4, -0.2) is 52.6 Å². The van der Waals surface area contributed by atoms with Gasteiger partial charge in [-0.1, -0.05) is 18.5 Å². The van der Waals surface area contributed by atoms with Gasteiger partial charge in [0.05, 0.1) is 10.9 Å². The zero-order valence-corrected chi connectivity index (χ0v) is 11.6. The number of halogens is 1. The molecule has 6 heteroatoms. The van der Waals surface area contributed by atoms with Gasteiger partial charge < -0.3 is 9.80 Å². The van der Waals surface area contributed by atoms with Gasteiger partial charge in [-0.3, -0.25) is 0 Å². The van der Waals surface area contributed by atoms with Gasteiger partial charge in [0.25, 0.3) is 0 Å². The fourth-order valence-electron chi connectivity index (χ4n) is 2.33. The second-order valence-electron chi connectivity index (χ2n) is 4.63. The highest BCUT2D eigenvalue weighted by Crippen LogP contribution is 2.21. The van der Waals surface area contributed by atoms with Crippen molar-refractivity contribution < 1.29 is 0 Å². The summed E-state index contributed by atoms with van der Waals surface area (Å²) < 4.78 is 0. The minimum Gasteiger partial charge on any atom is -0.338 e. The van der Waals surface area contributed by atoms with Gasteiger partial charge in [0.1, 0.15) is 5.15 Å². The Labute approximate surface area is 117 Å². The maximum absolute atomic E-state index is 6.02. The molecule has 0 spiro atoms. The third-order valence-corrected chi connectivity index (χ3v) is 3.85. The van der Waals surface area contributed by atoms with Crippen molar-refractivity contribution in [1.29, 1.82) is 0 Å². The van der Waals surface area contributed by atoms with Gasteiger partial charge in [-0.15, -0.1) is 0 Å². The van der Waals surface area contributed by atoms with E-state index in [1.807, 2.05) is 6.07 Å². The van der Waals surface area contributed by atoms with Crippen LogP contribution in [0.3, 0.4) is 0 Å². The summed E-state index contributed by atoms with van der Waals surface area (Å²) in [5.74, 6) is 0.783. The van der Waals surface area contributed by atoms with Crippen LogP contribution in [0.15, 0.2) is 18.5 Å². The van der Waals surface area contributed by atoms with Crippen molar-refractivity contribution in [2.24, 2.45) is 0 Å². The highest BCUT2D eigenvalue weighted by molar-refractivity contribution is 6.33. The van der Waals surface area contributed by atoms with Crippen LogP contribution in [0.2, 0.25) is 5.15 Å². The van der Waals surface area contributed by atoms with E-state index in [1.54, 1.807) is 12.4 Å². The fourth-order valence-corrected chi connectivity index (χ4v) is 2.53. The molecule has 0 N–H and O–H groups in total. The minimum absolute atomic E-state index is 0.458. The summed E-state index contributed by atoms with van der Waals surface area (Å²) in [5, 5.41) is 1.26. The highest BCUT2D eigenvalue weighted by atomic mass is 35.5. The zero-order chi connectivity index (χ0) is 13.2. The lowest BCUT2D eigenvalue weighted by atomic mass is 10.3. The van der Waals surface area contributed by atoms with E-state index in [0.717, 1.165) is 49.6 Å². The standard InChI is InChI=1S/C13H16ClN5/c1-2-18-5-7-19(8-6-18)13-16-9-10-11(17-13)3-4-15-12(10)14/h3-4,9H,2,5-8H2,1H3. The van der Waals surface area contributed by atoms with Crippen LogP contribution >= 0.6 is 11.6 Å². The molecule has 100 valence electrons. The summed E-state index contributed by atoms with van der Waals surface area (Å²) in [6, 6.07) is 1.87. The molecular formula is C13H16ClN5. The molecule has 0 bridgehead atoms. The van der Waals surface area contributed by atoms with Crippen LogP contribution < -0.4 is 4.90 Å². The first-order valence-corrected chi connectivity index (χ1v) is 6.90. The van der Waals surface area contributed by atoms with E-state index < -0.39 is 0 Å². The molecule has 3 heterocycles. The largest absolute Gasteiger partial charge is 0.338 e. The third-order valence-electron chi connectivity index (χ3n) is 3.55. The maximum Gasteiger partial charge on any atom is 0.225 e. The molecular weight excluding hydrogens is 262 g/mol. The van der Waals surface area contributed by atoms with Crippen molar-refractivity contribution in [3.63, 3.8) is 0 Å². The van der Waals surface area contributed by atoms with Gasteiger partial charge >= 0.3 is 0 Å². The molecule has 0 radical (unpaired) electrons. The van der Waals surface area contributed by atoms with E-state index in [4.69, 9.17) is 11.6 Å². The van der Waals surface area contributed by atoms with Gasteiger partial charge in [-0.25, -0.2) is 15.0 Å². The van der Waals surface area contributed by atoms with E-state index >= 15 is 0 Å². The molecule has 3 rings (SSSR count). The molecule has 1 aliphatic rings. The SMILES string of the molecule is CCN1CCN(c2ncc3c(Cl)nccc3n2)CC1. The number of fused-ring (bicyclic) bond motifs is 1. The Hall–Kier alpha value is -1.46. The molecule has 19 heavy (non-hydrogen) atoms. The first-order chi connectivity index (χ1) is 9.28. The van der Waals surface area contributed by atoms with Crippen LogP contribution in [-0.2, 0) is 0 Å². The molecule has 0 unspecified atom stereocenters. The quantitative estimate of drug-likeness (QED) is 0.784. The summed E-state index contributed by atoms with van der Waals surface area (Å²) in [4.78, 5) is 17.7. The number of piperazine rings is 1. The topological polar surface area (TPSA) is 45.2 Å². The van der Waals surface area contributed by atoms with Crippen molar-refractivity contribution in [1.82, 2.24) is 19.9 Å². The van der Waals surface area contributed by atoms with Crippen molar-refractivity contribution >= 4 is 28.5 Å². The van der Waals surface area contributed by atoms with E-state index in [9.17, 15) is 0 Å². The Kier molecular flexibility index (Phi) is 3.48. The molecule has 0 saturated carbocycles. The van der Waals surface area contributed by atoms with Crippen molar-refractivity contribution in [3.05, 3.63) is 23.6 Å². The lowest BCUT2D eigenvalue weighted by Gasteiger charge is -2.34. The van der Waals surface area contributed by atoms with E-state index in [0.29, 0.717) is 5.15 Å². The summed E-state index contributed by atoms with van der Waals surface area (Å²) in [6.45, 7) is 7.37. The van der Waals surface area contributed by atoms with E-state index in [-0.39, 0.29) is 0 Å². The van der Waals surface area contributed by atoms with Crippen LogP contribution in [0.5, 0.6) is 0 Å². The molecule has 1 fully saturated rings. The van der Waals surface area contributed by atoms with Gasteiger partial charge in [0.15, 0.2) is 0 Å². The molecule has 0 atom stereocenters. The Morgan fingerprint density at radius 3 is 2.74 bits per heavy atom. The second-order valence-corrected chi connectivity index (χ2v) is 4.98. The average molecular weight is 278 g/mol. The summed E-state index contributed by atoms with van der Waals surface area (Å²) >= 11 is 6.02. The molecule has 1 saturated heterocycles. The highest BCUT2D eigenvalue weighted by Gasteiger charge is 2.18. The zero-order valence-electron chi connectivity index (χ0n) is 10.9. The van der Waals surface area contributed by atoms with Crippen molar-refractivity contribution in [2.45, 2.75) is 6.92 Å². The summed E-state index contributed by atoms with van der Waals surface area (Å²) in [6.07, 6.45) is 3.44. The predicted molar refractivity (Wildman–Crippen MR) is 76.7 cm³/mol. The van der Waals surface area contributed by atoms with Gasteiger partial charge in [-0.05, 0) is 12.6 Å². The Morgan fingerprint density at radius 1 is 1.21 bits per heavy atom. The second kappa shape index (κ2) is 5.27. The summed E-state index contributed by atoms with van der Waals surface area (Å²) in [5.41, 5.74) is 0.850. The number of likely N-dealkylation sites (N-methyl/N-ethyl adjacent to an activating group) is 1. The molecule has 0 amide bonds.